The lowest BCUT2D eigenvalue weighted by Gasteiger charge is -2.32. The molecule has 0 bridgehead atoms. The van der Waals surface area contributed by atoms with Crippen molar-refractivity contribution in [1.29, 1.82) is 0 Å². The molecule has 1 aliphatic rings. The fraction of sp³-hybridized carbons (Fsp3) is 1.00. The van der Waals surface area contributed by atoms with Crippen molar-refractivity contribution in [1.82, 2.24) is 4.67 Å². The summed E-state index contributed by atoms with van der Waals surface area (Å²) >= 11 is 0. The summed E-state index contributed by atoms with van der Waals surface area (Å²) in [5.74, 6) is 0. The Bertz CT molecular complexity index is 288. The molecule has 0 unspecified atom stereocenters. The van der Waals surface area contributed by atoms with E-state index in [4.69, 9.17) is 9.05 Å². The molecule has 1 rings (SSSR count). The molecule has 0 radical (unpaired) electrons. The summed E-state index contributed by atoms with van der Waals surface area (Å²) in [4.78, 5) is 0. The van der Waals surface area contributed by atoms with Gasteiger partial charge in [0.15, 0.2) is 0 Å². The van der Waals surface area contributed by atoms with E-state index in [-0.39, 0.29) is 0 Å². The van der Waals surface area contributed by atoms with Crippen LogP contribution in [0.3, 0.4) is 0 Å². The van der Waals surface area contributed by atoms with Gasteiger partial charge in [0.2, 0.25) is 0 Å². The molecule has 1 heterocycles. The normalized spacial score (nSPS) is 17.0. The maximum absolute atomic E-state index is 13.1. The summed E-state index contributed by atoms with van der Waals surface area (Å²) in [7, 11) is -3.06. The Morgan fingerprint density at radius 1 is 0.773 bits per heavy atom. The smallest absolute Gasteiger partial charge is 0.297 e. The van der Waals surface area contributed by atoms with E-state index < -0.39 is 7.75 Å². The Labute approximate surface area is 137 Å². The molecular formula is C17H36NO3P. The van der Waals surface area contributed by atoms with Crippen molar-refractivity contribution in [3.8, 4) is 0 Å². The number of nitrogens with zero attached hydrogens (tertiary/aromatic N) is 1. The minimum atomic E-state index is -3.06. The number of piperidine rings is 1. The summed E-state index contributed by atoms with van der Waals surface area (Å²) in [5, 5.41) is 0. The zero-order valence-electron chi connectivity index (χ0n) is 14.7. The highest BCUT2D eigenvalue weighted by molar-refractivity contribution is 7.51. The van der Waals surface area contributed by atoms with E-state index in [1.54, 1.807) is 0 Å². The maximum atomic E-state index is 13.1. The number of hydrogen-bond donors (Lipinski definition) is 0. The van der Waals surface area contributed by atoms with E-state index in [0.29, 0.717) is 13.2 Å². The molecule has 0 aliphatic carbocycles. The second-order valence-electron chi connectivity index (χ2n) is 6.27. The first-order valence-electron chi connectivity index (χ1n) is 9.37. The molecule has 0 amide bonds. The standard InChI is InChI=1S/C17H36NO3P/c1-3-5-7-12-16-20-22(19,18-14-10-9-11-15-18)21-17-13-8-6-4-2/h3-17H2,1-2H3. The van der Waals surface area contributed by atoms with E-state index in [1.165, 1.54) is 32.1 Å². The number of rotatable bonds is 13. The molecule has 0 aromatic carbocycles. The summed E-state index contributed by atoms with van der Waals surface area (Å²) < 4.78 is 26.6. The highest BCUT2D eigenvalue weighted by atomic mass is 31.2. The first kappa shape index (κ1) is 20.2. The van der Waals surface area contributed by atoms with Crippen LogP contribution in [0.25, 0.3) is 0 Å². The fourth-order valence-electron chi connectivity index (χ4n) is 2.74. The highest BCUT2D eigenvalue weighted by Gasteiger charge is 2.34. The van der Waals surface area contributed by atoms with Crippen LogP contribution in [0.1, 0.15) is 84.5 Å². The van der Waals surface area contributed by atoms with Gasteiger partial charge in [0, 0.05) is 13.1 Å². The van der Waals surface area contributed by atoms with Crippen LogP contribution in [-0.2, 0) is 13.6 Å². The van der Waals surface area contributed by atoms with Crippen molar-refractivity contribution in [2.24, 2.45) is 0 Å². The quantitative estimate of drug-likeness (QED) is 0.316. The monoisotopic (exact) mass is 333 g/mol. The van der Waals surface area contributed by atoms with E-state index in [2.05, 4.69) is 13.8 Å². The van der Waals surface area contributed by atoms with Crippen LogP contribution in [0.15, 0.2) is 0 Å². The van der Waals surface area contributed by atoms with Crippen molar-refractivity contribution >= 4 is 7.75 Å². The van der Waals surface area contributed by atoms with Gasteiger partial charge < -0.3 is 0 Å². The van der Waals surface area contributed by atoms with E-state index in [9.17, 15) is 4.57 Å². The third-order valence-electron chi connectivity index (χ3n) is 4.18. The van der Waals surface area contributed by atoms with E-state index >= 15 is 0 Å². The van der Waals surface area contributed by atoms with Gasteiger partial charge in [0.05, 0.1) is 13.2 Å². The van der Waals surface area contributed by atoms with Crippen LogP contribution in [0.4, 0.5) is 0 Å². The van der Waals surface area contributed by atoms with Crippen LogP contribution in [-0.4, -0.2) is 31.0 Å². The molecule has 0 N–H and O–H groups in total. The van der Waals surface area contributed by atoms with Gasteiger partial charge in [-0.2, -0.15) is 0 Å². The molecule has 0 spiro atoms. The van der Waals surface area contributed by atoms with Gasteiger partial charge in [-0.15, -0.1) is 0 Å². The van der Waals surface area contributed by atoms with Gasteiger partial charge >= 0.3 is 7.75 Å². The molecule has 132 valence electrons. The van der Waals surface area contributed by atoms with Crippen molar-refractivity contribution in [3.05, 3.63) is 0 Å². The molecule has 4 nitrogen and oxygen atoms in total. The molecule has 1 saturated heterocycles. The molecule has 22 heavy (non-hydrogen) atoms. The Balaban J connectivity index is 2.39. The van der Waals surface area contributed by atoms with Crippen LogP contribution in [0, 0.1) is 0 Å². The second-order valence-corrected chi connectivity index (χ2v) is 8.29. The van der Waals surface area contributed by atoms with Crippen LogP contribution >= 0.6 is 7.75 Å². The zero-order chi connectivity index (χ0) is 16.1. The maximum Gasteiger partial charge on any atom is 0.408 e. The molecular weight excluding hydrogens is 297 g/mol. The summed E-state index contributed by atoms with van der Waals surface area (Å²) in [5.41, 5.74) is 0. The van der Waals surface area contributed by atoms with Crippen molar-refractivity contribution in [2.75, 3.05) is 26.3 Å². The van der Waals surface area contributed by atoms with Crippen LogP contribution in [0.2, 0.25) is 0 Å². The SMILES string of the molecule is CCCCCCOP(=O)(OCCCCCC)N1CCCCC1. The lowest BCUT2D eigenvalue weighted by Crippen LogP contribution is -2.29. The fourth-order valence-corrected chi connectivity index (χ4v) is 4.63. The molecule has 1 aliphatic heterocycles. The molecule has 0 aromatic heterocycles. The Morgan fingerprint density at radius 3 is 1.73 bits per heavy atom. The van der Waals surface area contributed by atoms with Crippen molar-refractivity contribution in [3.63, 3.8) is 0 Å². The van der Waals surface area contributed by atoms with Gasteiger partial charge in [0.1, 0.15) is 0 Å². The molecule has 0 aromatic rings. The molecule has 1 fully saturated rings. The lowest BCUT2D eigenvalue weighted by molar-refractivity contribution is 0.143. The summed E-state index contributed by atoms with van der Waals surface area (Å²) in [6.45, 7) is 7.20. The average Bonchev–Trinajstić information content (AvgIpc) is 2.55. The number of unbranched alkanes of at least 4 members (excludes halogenated alkanes) is 6. The predicted octanol–water partition coefficient (Wildman–Crippen LogP) is 5.77. The topological polar surface area (TPSA) is 38.8 Å². The van der Waals surface area contributed by atoms with Gasteiger partial charge in [-0.3, -0.25) is 9.05 Å². The Morgan fingerprint density at radius 2 is 1.27 bits per heavy atom. The summed E-state index contributed by atoms with van der Waals surface area (Å²) in [6.07, 6.45) is 12.5. The lowest BCUT2D eigenvalue weighted by atomic mass is 10.2. The van der Waals surface area contributed by atoms with Gasteiger partial charge in [0.25, 0.3) is 0 Å². The van der Waals surface area contributed by atoms with E-state index in [1.807, 2.05) is 4.67 Å². The van der Waals surface area contributed by atoms with Gasteiger partial charge in [-0.1, -0.05) is 58.8 Å². The third kappa shape index (κ3) is 8.10. The number of hydrogen-bond acceptors (Lipinski definition) is 3. The average molecular weight is 333 g/mol. The molecule has 5 heteroatoms. The Hall–Kier alpha value is 0.110. The highest BCUT2D eigenvalue weighted by Crippen LogP contribution is 2.53. The van der Waals surface area contributed by atoms with Crippen LogP contribution < -0.4 is 0 Å². The predicted molar refractivity (Wildman–Crippen MR) is 93.2 cm³/mol. The van der Waals surface area contributed by atoms with E-state index in [0.717, 1.165) is 51.6 Å². The minimum Gasteiger partial charge on any atom is -0.297 e. The second kappa shape index (κ2) is 12.5. The first-order chi connectivity index (χ1) is 10.7. The largest absolute Gasteiger partial charge is 0.408 e. The summed E-state index contributed by atoms with van der Waals surface area (Å²) in [6, 6.07) is 0. The molecule has 0 saturated carbocycles. The zero-order valence-corrected chi connectivity index (χ0v) is 15.6. The third-order valence-corrected chi connectivity index (χ3v) is 6.29. The van der Waals surface area contributed by atoms with Crippen molar-refractivity contribution < 1.29 is 13.6 Å². The Kier molecular flexibility index (Phi) is 11.5. The minimum absolute atomic E-state index is 0.558. The molecule has 0 atom stereocenters. The van der Waals surface area contributed by atoms with Crippen LogP contribution in [0.5, 0.6) is 0 Å². The van der Waals surface area contributed by atoms with Gasteiger partial charge in [-0.25, -0.2) is 9.24 Å². The van der Waals surface area contributed by atoms with Gasteiger partial charge in [-0.05, 0) is 25.7 Å². The van der Waals surface area contributed by atoms with Crippen molar-refractivity contribution in [2.45, 2.75) is 84.5 Å². The first-order valence-corrected chi connectivity index (χ1v) is 10.9.